The van der Waals surface area contributed by atoms with E-state index in [9.17, 15) is 4.79 Å². The van der Waals surface area contributed by atoms with E-state index in [-0.39, 0.29) is 5.91 Å². The molecule has 56 valence electrons. The zero-order chi connectivity index (χ0) is 7.56. The van der Waals surface area contributed by atoms with Crippen LogP contribution in [-0.2, 0) is 4.79 Å². The second kappa shape index (κ2) is 2.86. The molecule has 0 N–H and O–H groups in total. The van der Waals surface area contributed by atoms with E-state index in [0.717, 1.165) is 12.5 Å². The molecule has 0 aromatic heterocycles. The quantitative estimate of drug-likeness (QED) is 0.535. The van der Waals surface area contributed by atoms with E-state index in [2.05, 4.69) is 6.58 Å². The van der Waals surface area contributed by atoms with Gasteiger partial charge < -0.3 is 4.90 Å². The summed E-state index contributed by atoms with van der Waals surface area (Å²) in [7, 11) is 1.82. The summed E-state index contributed by atoms with van der Waals surface area (Å²) in [5, 5.41) is 0. The first-order chi connectivity index (χ1) is 4.74. The number of carbonyl (C=O) groups excluding carboxylic acids is 1. The fraction of sp³-hybridized carbons (Fsp3) is 0.625. The van der Waals surface area contributed by atoms with Crippen LogP contribution in [0, 0.1) is 5.92 Å². The van der Waals surface area contributed by atoms with E-state index in [1.165, 1.54) is 18.9 Å². The maximum absolute atomic E-state index is 10.9. The standard InChI is InChI=1S/C8H13NO/c1-3-8(10)9(2)6-7-4-5-7/h3,7H,1,4-6H2,2H3. The lowest BCUT2D eigenvalue weighted by atomic mass is 10.4. The zero-order valence-electron chi connectivity index (χ0n) is 6.34. The largest absolute Gasteiger partial charge is 0.342 e. The molecule has 0 heterocycles. The molecule has 0 aliphatic heterocycles. The van der Waals surface area contributed by atoms with Crippen LogP contribution in [0.3, 0.4) is 0 Å². The van der Waals surface area contributed by atoms with Gasteiger partial charge in [0.2, 0.25) is 5.91 Å². The lowest BCUT2D eigenvalue weighted by molar-refractivity contribution is -0.124. The van der Waals surface area contributed by atoms with Gasteiger partial charge >= 0.3 is 0 Å². The highest BCUT2D eigenvalue weighted by atomic mass is 16.2. The van der Waals surface area contributed by atoms with Crippen molar-refractivity contribution >= 4 is 5.91 Å². The first kappa shape index (κ1) is 7.32. The van der Waals surface area contributed by atoms with Crippen molar-refractivity contribution in [1.29, 1.82) is 0 Å². The molecule has 0 atom stereocenters. The van der Waals surface area contributed by atoms with Gasteiger partial charge in [-0.2, -0.15) is 0 Å². The molecule has 0 aromatic carbocycles. The number of amides is 1. The van der Waals surface area contributed by atoms with Crippen molar-refractivity contribution in [1.82, 2.24) is 4.90 Å². The predicted molar refractivity (Wildman–Crippen MR) is 40.6 cm³/mol. The van der Waals surface area contributed by atoms with Crippen molar-refractivity contribution in [3.63, 3.8) is 0 Å². The number of hydrogen-bond acceptors (Lipinski definition) is 1. The van der Waals surface area contributed by atoms with Gasteiger partial charge in [-0.25, -0.2) is 0 Å². The molecule has 1 aliphatic carbocycles. The molecule has 1 fully saturated rings. The molecule has 0 saturated heterocycles. The molecule has 1 amide bonds. The fourth-order valence-electron chi connectivity index (χ4n) is 0.934. The van der Waals surface area contributed by atoms with Gasteiger partial charge in [-0.3, -0.25) is 4.79 Å². The first-order valence-corrected chi connectivity index (χ1v) is 3.61. The molecule has 1 saturated carbocycles. The van der Waals surface area contributed by atoms with Crippen molar-refractivity contribution in [2.24, 2.45) is 5.92 Å². The highest BCUT2D eigenvalue weighted by Gasteiger charge is 2.23. The monoisotopic (exact) mass is 139 g/mol. The van der Waals surface area contributed by atoms with Gasteiger partial charge in [0.25, 0.3) is 0 Å². The SMILES string of the molecule is C=CC(=O)N(C)CC1CC1. The number of rotatable bonds is 3. The second-order valence-electron chi connectivity index (χ2n) is 2.87. The van der Waals surface area contributed by atoms with Crippen molar-refractivity contribution in [2.45, 2.75) is 12.8 Å². The lowest BCUT2D eigenvalue weighted by Crippen LogP contribution is -2.26. The topological polar surface area (TPSA) is 20.3 Å². The maximum atomic E-state index is 10.9. The number of likely N-dealkylation sites (N-methyl/N-ethyl adjacent to an activating group) is 1. The minimum absolute atomic E-state index is 0.0342. The van der Waals surface area contributed by atoms with Gasteiger partial charge in [0.1, 0.15) is 0 Å². The zero-order valence-corrected chi connectivity index (χ0v) is 6.34. The Morgan fingerprint density at radius 2 is 2.40 bits per heavy atom. The van der Waals surface area contributed by atoms with Gasteiger partial charge in [0.05, 0.1) is 0 Å². The third-order valence-electron chi connectivity index (χ3n) is 1.78. The lowest BCUT2D eigenvalue weighted by Gasteiger charge is -2.13. The summed E-state index contributed by atoms with van der Waals surface area (Å²) >= 11 is 0. The molecular formula is C8H13NO. The van der Waals surface area contributed by atoms with Gasteiger partial charge in [-0.05, 0) is 24.8 Å². The molecule has 1 rings (SSSR count). The highest BCUT2D eigenvalue weighted by molar-refractivity contribution is 5.86. The Morgan fingerprint density at radius 1 is 1.80 bits per heavy atom. The average Bonchev–Trinajstić information content (AvgIpc) is 2.70. The van der Waals surface area contributed by atoms with E-state index >= 15 is 0 Å². The van der Waals surface area contributed by atoms with Gasteiger partial charge in [-0.1, -0.05) is 6.58 Å². The van der Waals surface area contributed by atoms with Gasteiger partial charge in [0.15, 0.2) is 0 Å². The van der Waals surface area contributed by atoms with Crippen LogP contribution in [0.15, 0.2) is 12.7 Å². The normalized spacial score (nSPS) is 16.5. The summed E-state index contributed by atoms with van der Waals surface area (Å²) in [6, 6.07) is 0. The minimum atomic E-state index is 0.0342. The molecule has 2 nitrogen and oxygen atoms in total. The van der Waals surface area contributed by atoms with Crippen LogP contribution in [0.2, 0.25) is 0 Å². The minimum Gasteiger partial charge on any atom is -0.342 e. The van der Waals surface area contributed by atoms with E-state index in [1.807, 2.05) is 7.05 Å². The third kappa shape index (κ3) is 1.87. The maximum Gasteiger partial charge on any atom is 0.245 e. The summed E-state index contributed by atoms with van der Waals surface area (Å²) in [6.07, 6.45) is 3.94. The fourth-order valence-corrected chi connectivity index (χ4v) is 0.934. The molecule has 0 bridgehead atoms. The molecular weight excluding hydrogens is 126 g/mol. The van der Waals surface area contributed by atoms with E-state index in [0.29, 0.717) is 0 Å². The van der Waals surface area contributed by atoms with Crippen LogP contribution in [0.5, 0.6) is 0 Å². The molecule has 0 radical (unpaired) electrons. The van der Waals surface area contributed by atoms with Crippen LogP contribution in [0.25, 0.3) is 0 Å². The summed E-state index contributed by atoms with van der Waals surface area (Å²) in [4.78, 5) is 12.6. The number of hydrogen-bond donors (Lipinski definition) is 0. The Labute approximate surface area is 61.5 Å². The smallest absolute Gasteiger partial charge is 0.245 e. The van der Waals surface area contributed by atoms with E-state index in [1.54, 1.807) is 4.90 Å². The van der Waals surface area contributed by atoms with Crippen molar-refractivity contribution < 1.29 is 4.79 Å². The summed E-state index contributed by atoms with van der Waals surface area (Å²) in [5.41, 5.74) is 0. The van der Waals surface area contributed by atoms with Crippen LogP contribution in [0.1, 0.15) is 12.8 Å². The molecule has 2 heteroatoms. The van der Waals surface area contributed by atoms with Crippen molar-refractivity contribution in [3.05, 3.63) is 12.7 Å². The molecule has 10 heavy (non-hydrogen) atoms. The Morgan fingerprint density at radius 3 is 2.80 bits per heavy atom. The summed E-state index contributed by atoms with van der Waals surface area (Å²) in [6.45, 7) is 4.33. The van der Waals surface area contributed by atoms with E-state index < -0.39 is 0 Å². The molecule has 0 spiro atoms. The van der Waals surface area contributed by atoms with Crippen molar-refractivity contribution in [3.8, 4) is 0 Å². The second-order valence-corrected chi connectivity index (χ2v) is 2.87. The predicted octanol–water partition coefficient (Wildman–Crippen LogP) is 1.04. The Balaban J connectivity index is 2.24. The van der Waals surface area contributed by atoms with Crippen LogP contribution >= 0.6 is 0 Å². The number of carbonyl (C=O) groups is 1. The number of nitrogens with zero attached hydrogens (tertiary/aromatic N) is 1. The molecule has 1 aliphatic rings. The molecule has 0 aromatic rings. The van der Waals surface area contributed by atoms with Gasteiger partial charge in [-0.15, -0.1) is 0 Å². The average molecular weight is 139 g/mol. The van der Waals surface area contributed by atoms with Crippen LogP contribution in [-0.4, -0.2) is 24.4 Å². The Bertz CT molecular complexity index is 149. The van der Waals surface area contributed by atoms with E-state index in [4.69, 9.17) is 0 Å². The van der Waals surface area contributed by atoms with Crippen LogP contribution in [0.4, 0.5) is 0 Å². The Kier molecular flexibility index (Phi) is 2.10. The summed E-state index contributed by atoms with van der Waals surface area (Å²) < 4.78 is 0. The van der Waals surface area contributed by atoms with Gasteiger partial charge in [0, 0.05) is 13.6 Å². The summed E-state index contributed by atoms with van der Waals surface area (Å²) in [5.74, 6) is 0.806. The highest BCUT2D eigenvalue weighted by Crippen LogP contribution is 2.29. The Hall–Kier alpha value is -0.790. The molecule has 0 unspecified atom stereocenters. The first-order valence-electron chi connectivity index (χ1n) is 3.61. The van der Waals surface area contributed by atoms with Crippen LogP contribution < -0.4 is 0 Å². The third-order valence-corrected chi connectivity index (χ3v) is 1.78. The van der Waals surface area contributed by atoms with Crippen molar-refractivity contribution in [2.75, 3.05) is 13.6 Å².